The molecule has 0 spiro atoms. The van der Waals surface area contributed by atoms with Crippen molar-refractivity contribution in [3.8, 4) is 11.5 Å². The number of phenolic OH excluding ortho intramolecular Hbond substituents is 1. The smallest absolute Gasteiger partial charge is 0.295 e. The molecule has 1 atom stereocenters. The number of pyridine rings is 1. The Labute approximate surface area is 183 Å². The molecule has 1 fully saturated rings. The van der Waals surface area contributed by atoms with E-state index < -0.39 is 29.3 Å². The Balaban J connectivity index is 1.86. The van der Waals surface area contributed by atoms with Gasteiger partial charge in [-0.2, -0.15) is 0 Å². The number of carbonyl (C=O) groups excluding carboxylic acids is 2. The number of carbonyl (C=O) groups is 2. The molecule has 1 unspecified atom stereocenters. The second kappa shape index (κ2) is 8.50. The summed E-state index contributed by atoms with van der Waals surface area (Å²) in [6.07, 6.45) is 3.14. The number of amides is 1. The fourth-order valence-corrected chi connectivity index (χ4v) is 3.70. The summed E-state index contributed by atoms with van der Waals surface area (Å²) in [6, 6.07) is 12.2. The van der Waals surface area contributed by atoms with Crippen LogP contribution in [0, 0.1) is 5.82 Å². The molecule has 8 heteroatoms. The molecule has 3 aromatic rings. The summed E-state index contributed by atoms with van der Waals surface area (Å²) in [4.78, 5) is 31.2. The standard InChI is InChI=1S/C24H19FN2O5/c1-32-19-7-4-16(12-18(19)25)22(29)20-21(15-2-5-17(28)6-3-15)27(24(31)23(20)30)13-14-8-10-26-11-9-14/h2-12,21,28-29H,13H2,1H3/b22-20-. The number of rotatable bonds is 5. The molecule has 162 valence electrons. The van der Waals surface area contributed by atoms with Gasteiger partial charge in [0.05, 0.1) is 18.7 Å². The Bertz CT molecular complexity index is 1210. The Morgan fingerprint density at radius 2 is 1.78 bits per heavy atom. The molecule has 0 bridgehead atoms. The molecule has 0 aliphatic carbocycles. The van der Waals surface area contributed by atoms with Gasteiger partial charge in [-0.1, -0.05) is 12.1 Å². The average Bonchev–Trinajstić information content (AvgIpc) is 3.04. The summed E-state index contributed by atoms with van der Waals surface area (Å²) in [5.74, 6) is -2.91. The van der Waals surface area contributed by atoms with E-state index in [0.717, 1.165) is 11.6 Å². The molecule has 1 amide bonds. The molecule has 2 heterocycles. The number of ether oxygens (including phenoxy) is 1. The minimum absolute atomic E-state index is 0.0112. The Kier molecular flexibility index (Phi) is 5.59. The highest BCUT2D eigenvalue weighted by Gasteiger charge is 2.46. The van der Waals surface area contributed by atoms with Crippen LogP contribution in [0.1, 0.15) is 22.7 Å². The van der Waals surface area contributed by atoms with Gasteiger partial charge in [0.25, 0.3) is 11.7 Å². The Morgan fingerprint density at radius 1 is 1.09 bits per heavy atom. The van der Waals surface area contributed by atoms with Crippen LogP contribution in [-0.2, 0) is 16.1 Å². The van der Waals surface area contributed by atoms with Gasteiger partial charge in [0, 0.05) is 24.5 Å². The molecule has 4 rings (SSSR count). The van der Waals surface area contributed by atoms with Crippen molar-refractivity contribution in [2.45, 2.75) is 12.6 Å². The number of Topliss-reactive ketones (excluding diaryl/α,β-unsaturated/α-hetero) is 1. The van der Waals surface area contributed by atoms with E-state index >= 15 is 0 Å². The largest absolute Gasteiger partial charge is 0.508 e. The van der Waals surface area contributed by atoms with Gasteiger partial charge in [0.2, 0.25) is 0 Å². The highest BCUT2D eigenvalue weighted by molar-refractivity contribution is 6.46. The predicted molar refractivity (Wildman–Crippen MR) is 113 cm³/mol. The molecular formula is C24H19FN2O5. The maximum absolute atomic E-state index is 14.2. The van der Waals surface area contributed by atoms with Gasteiger partial charge in [0.1, 0.15) is 11.5 Å². The molecule has 0 radical (unpaired) electrons. The highest BCUT2D eigenvalue weighted by atomic mass is 19.1. The monoisotopic (exact) mass is 434 g/mol. The number of phenols is 1. The number of aliphatic hydroxyl groups is 1. The third-order valence-electron chi connectivity index (χ3n) is 5.28. The number of aliphatic hydroxyl groups excluding tert-OH is 1. The van der Waals surface area contributed by atoms with Gasteiger partial charge in [-0.15, -0.1) is 0 Å². The van der Waals surface area contributed by atoms with Crippen LogP contribution in [0.25, 0.3) is 5.76 Å². The van der Waals surface area contributed by atoms with Crippen molar-refractivity contribution < 1.29 is 28.9 Å². The molecular weight excluding hydrogens is 415 g/mol. The van der Waals surface area contributed by atoms with Crippen molar-refractivity contribution >= 4 is 17.4 Å². The lowest BCUT2D eigenvalue weighted by Gasteiger charge is -2.25. The number of halogens is 1. The second-order valence-electron chi connectivity index (χ2n) is 7.22. The van der Waals surface area contributed by atoms with E-state index in [4.69, 9.17) is 4.74 Å². The maximum Gasteiger partial charge on any atom is 0.295 e. The summed E-state index contributed by atoms with van der Waals surface area (Å²) in [5.41, 5.74) is 1.11. The van der Waals surface area contributed by atoms with Crippen LogP contribution >= 0.6 is 0 Å². The lowest BCUT2D eigenvalue weighted by Crippen LogP contribution is -2.29. The quantitative estimate of drug-likeness (QED) is 0.362. The number of methoxy groups -OCH3 is 1. The second-order valence-corrected chi connectivity index (χ2v) is 7.22. The summed E-state index contributed by atoms with van der Waals surface area (Å²) >= 11 is 0. The third-order valence-corrected chi connectivity index (χ3v) is 5.28. The lowest BCUT2D eigenvalue weighted by molar-refractivity contribution is -0.140. The summed E-state index contributed by atoms with van der Waals surface area (Å²) in [7, 11) is 1.31. The third kappa shape index (κ3) is 3.78. The first-order valence-electron chi connectivity index (χ1n) is 9.71. The number of ketones is 1. The fraction of sp³-hybridized carbons (Fsp3) is 0.125. The van der Waals surface area contributed by atoms with Crippen molar-refractivity contribution in [3.63, 3.8) is 0 Å². The Hall–Kier alpha value is -4.20. The first-order chi connectivity index (χ1) is 15.4. The van der Waals surface area contributed by atoms with E-state index in [-0.39, 0.29) is 29.2 Å². The first kappa shape index (κ1) is 21.0. The van der Waals surface area contributed by atoms with Gasteiger partial charge in [0.15, 0.2) is 11.6 Å². The van der Waals surface area contributed by atoms with Crippen LogP contribution in [0.4, 0.5) is 4.39 Å². The number of aromatic hydroxyl groups is 1. The molecule has 32 heavy (non-hydrogen) atoms. The summed E-state index contributed by atoms with van der Waals surface area (Å²) in [6.45, 7) is 0.0897. The molecule has 2 N–H and O–H groups in total. The number of likely N-dealkylation sites (tertiary alicyclic amines) is 1. The number of benzene rings is 2. The van der Waals surface area contributed by atoms with Crippen LogP contribution in [0.15, 0.2) is 72.6 Å². The van der Waals surface area contributed by atoms with Gasteiger partial charge in [-0.05, 0) is 53.6 Å². The fourth-order valence-electron chi connectivity index (χ4n) is 3.70. The van der Waals surface area contributed by atoms with Crippen LogP contribution in [0.5, 0.6) is 11.5 Å². The molecule has 1 aliphatic heterocycles. The zero-order valence-electron chi connectivity index (χ0n) is 17.0. The van der Waals surface area contributed by atoms with Crippen LogP contribution in [0.3, 0.4) is 0 Å². The van der Waals surface area contributed by atoms with Gasteiger partial charge < -0.3 is 19.8 Å². The normalized spacial score (nSPS) is 17.6. The van der Waals surface area contributed by atoms with Crippen molar-refractivity contribution in [1.29, 1.82) is 0 Å². The number of nitrogens with zero attached hydrogens (tertiary/aromatic N) is 2. The van der Waals surface area contributed by atoms with E-state index in [9.17, 15) is 24.2 Å². The van der Waals surface area contributed by atoms with E-state index in [0.29, 0.717) is 5.56 Å². The van der Waals surface area contributed by atoms with E-state index in [1.165, 1.54) is 36.3 Å². The SMILES string of the molecule is COc1ccc(/C(O)=C2/C(=O)C(=O)N(Cc3ccncc3)C2c2ccc(O)cc2)cc1F. The van der Waals surface area contributed by atoms with Crippen LogP contribution in [-0.4, -0.2) is 38.9 Å². The van der Waals surface area contributed by atoms with E-state index in [1.54, 1.807) is 36.7 Å². The van der Waals surface area contributed by atoms with Crippen molar-refractivity contribution in [3.05, 3.63) is 95.1 Å². The van der Waals surface area contributed by atoms with Gasteiger partial charge in [-0.3, -0.25) is 14.6 Å². The molecule has 1 saturated heterocycles. The van der Waals surface area contributed by atoms with Crippen LogP contribution in [0.2, 0.25) is 0 Å². The van der Waals surface area contributed by atoms with Crippen molar-refractivity contribution in [2.75, 3.05) is 7.11 Å². The maximum atomic E-state index is 14.2. The molecule has 7 nitrogen and oxygen atoms in total. The number of aromatic nitrogens is 1. The average molecular weight is 434 g/mol. The van der Waals surface area contributed by atoms with E-state index in [1.807, 2.05) is 0 Å². The zero-order valence-corrected chi connectivity index (χ0v) is 17.0. The minimum atomic E-state index is -0.936. The molecule has 0 saturated carbocycles. The zero-order chi connectivity index (χ0) is 22.8. The van der Waals surface area contributed by atoms with Gasteiger partial charge >= 0.3 is 0 Å². The number of hydrogen-bond donors (Lipinski definition) is 2. The molecule has 1 aliphatic rings. The summed E-state index contributed by atoms with van der Waals surface area (Å²) < 4.78 is 19.1. The summed E-state index contributed by atoms with van der Waals surface area (Å²) in [5, 5.41) is 20.6. The number of hydrogen-bond acceptors (Lipinski definition) is 6. The minimum Gasteiger partial charge on any atom is -0.508 e. The van der Waals surface area contributed by atoms with E-state index in [2.05, 4.69) is 4.98 Å². The van der Waals surface area contributed by atoms with Gasteiger partial charge in [-0.25, -0.2) is 4.39 Å². The van der Waals surface area contributed by atoms with Crippen molar-refractivity contribution in [2.24, 2.45) is 0 Å². The van der Waals surface area contributed by atoms with Crippen LogP contribution < -0.4 is 4.74 Å². The first-order valence-corrected chi connectivity index (χ1v) is 9.71. The topological polar surface area (TPSA) is 100.0 Å². The Morgan fingerprint density at radius 3 is 2.41 bits per heavy atom. The predicted octanol–water partition coefficient (Wildman–Crippen LogP) is 3.56. The highest BCUT2D eigenvalue weighted by Crippen LogP contribution is 2.41. The van der Waals surface area contributed by atoms with Crippen molar-refractivity contribution in [1.82, 2.24) is 9.88 Å². The lowest BCUT2D eigenvalue weighted by atomic mass is 9.95. The molecule has 2 aromatic carbocycles. The molecule has 1 aromatic heterocycles.